The highest BCUT2D eigenvalue weighted by Gasteiger charge is 1.98. The molecule has 0 amide bonds. The van der Waals surface area contributed by atoms with Crippen molar-refractivity contribution in [2.24, 2.45) is 0 Å². The van der Waals surface area contributed by atoms with E-state index in [4.69, 9.17) is 0 Å². The number of hydrogen-bond acceptors (Lipinski definition) is 0. The fourth-order valence-corrected chi connectivity index (χ4v) is 1.77. The van der Waals surface area contributed by atoms with E-state index in [2.05, 4.69) is 27.2 Å². The summed E-state index contributed by atoms with van der Waals surface area (Å²) in [4.78, 5) is 3.08. The molecule has 0 saturated carbocycles. The van der Waals surface area contributed by atoms with Gasteiger partial charge in [0.2, 0.25) is 0 Å². The van der Waals surface area contributed by atoms with Gasteiger partial charge in [-0.25, -0.2) is 0 Å². The summed E-state index contributed by atoms with van der Waals surface area (Å²) < 4.78 is 0. The second-order valence-electron chi connectivity index (χ2n) is 3.52. The molecule has 0 spiro atoms. The molecule has 0 aliphatic heterocycles. The van der Waals surface area contributed by atoms with Crippen LogP contribution in [0.15, 0.2) is 12.3 Å². The summed E-state index contributed by atoms with van der Waals surface area (Å²) in [5.74, 6) is 0. The van der Waals surface area contributed by atoms with E-state index in [-0.39, 0.29) is 0 Å². The molecule has 0 aromatic carbocycles. The Morgan fingerprint density at radius 2 is 2.00 bits per heavy atom. The van der Waals surface area contributed by atoms with Crippen LogP contribution in [-0.2, 0) is 6.42 Å². The van der Waals surface area contributed by atoms with Crippen LogP contribution in [0.4, 0.5) is 0 Å². The highest BCUT2D eigenvalue weighted by Crippen LogP contribution is 2.08. The van der Waals surface area contributed by atoms with Crippen LogP contribution in [0.5, 0.6) is 0 Å². The van der Waals surface area contributed by atoms with Crippen molar-refractivity contribution in [3.63, 3.8) is 0 Å². The van der Waals surface area contributed by atoms with Gasteiger partial charge in [0.1, 0.15) is 0 Å². The third-order valence-electron chi connectivity index (χ3n) is 2.36. The number of aryl methyl sites for hydroxylation is 1. The maximum absolute atomic E-state index is 4.34. The minimum Gasteiger partial charge on any atom is -0.361 e. The summed E-state index contributed by atoms with van der Waals surface area (Å²) in [6.07, 6.45) is 9.86. The van der Waals surface area contributed by atoms with E-state index < -0.39 is 0 Å². The van der Waals surface area contributed by atoms with Gasteiger partial charge in [0.15, 0.2) is 0 Å². The number of unbranched alkanes of at least 4 members (excludes halogenated alkanes) is 4. The lowest BCUT2D eigenvalue weighted by molar-refractivity contribution is 0.633. The number of H-pyrrole nitrogens is 1. The van der Waals surface area contributed by atoms with Crippen LogP contribution in [0.25, 0.3) is 0 Å². The van der Waals surface area contributed by atoms with Crippen LogP contribution >= 0.6 is 9.24 Å². The zero-order chi connectivity index (χ0) is 9.52. The number of rotatable bonds is 6. The first-order valence-electron chi connectivity index (χ1n) is 5.19. The van der Waals surface area contributed by atoms with Crippen molar-refractivity contribution in [3.8, 4) is 0 Å². The molecule has 1 nitrogen and oxygen atoms in total. The van der Waals surface area contributed by atoms with E-state index >= 15 is 0 Å². The molecule has 1 heterocycles. The summed E-state index contributed by atoms with van der Waals surface area (Å²) in [6, 6.07) is 2.13. The predicted molar refractivity (Wildman–Crippen MR) is 59.8 cm³/mol. The number of aromatic amines is 1. The zero-order valence-corrected chi connectivity index (χ0v) is 9.24. The van der Waals surface area contributed by atoms with Gasteiger partial charge in [-0.1, -0.05) is 32.6 Å². The summed E-state index contributed by atoms with van der Waals surface area (Å²) in [5, 5.41) is 0. The third kappa shape index (κ3) is 3.95. The van der Waals surface area contributed by atoms with Gasteiger partial charge in [-0.2, -0.15) is 0 Å². The molecule has 0 aliphatic rings. The molecule has 1 aromatic heterocycles. The quantitative estimate of drug-likeness (QED) is 0.527. The van der Waals surface area contributed by atoms with Crippen molar-refractivity contribution in [1.82, 2.24) is 4.98 Å². The fraction of sp³-hybridized carbons (Fsp3) is 0.636. The van der Waals surface area contributed by atoms with Gasteiger partial charge in [-0.3, -0.25) is 0 Å². The molecule has 0 fully saturated rings. The smallest absolute Gasteiger partial charge is 0.0519 e. The normalized spacial score (nSPS) is 10.6. The Hall–Kier alpha value is -0.290. The van der Waals surface area contributed by atoms with E-state index in [0.29, 0.717) is 0 Å². The maximum Gasteiger partial charge on any atom is 0.0519 e. The minimum atomic E-state index is 1.04. The second kappa shape index (κ2) is 6.21. The van der Waals surface area contributed by atoms with Gasteiger partial charge < -0.3 is 4.98 Å². The summed E-state index contributed by atoms with van der Waals surface area (Å²) in [6.45, 7) is 2.25. The molecule has 0 aliphatic carbocycles. The fourth-order valence-electron chi connectivity index (χ4n) is 1.51. The predicted octanol–water partition coefficient (Wildman–Crippen LogP) is 3.56. The highest BCUT2D eigenvalue weighted by molar-refractivity contribution is 7.27. The van der Waals surface area contributed by atoms with Crippen LogP contribution in [0.1, 0.15) is 44.6 Å². The molecule has 1 aromatic rings. The van der Waals surface area contributed by atoms with Gasteiger partial charge in [0.05, 0.1) is 5.44 Å². The van der Waals surface area contributed by atoms with Crippen LogP contribution in [0.3, 0.4) is 0 Å². The zero-order valence-electron chi connectivity index (χ0n) is 8.34. The number of hydrogen-bond donors (Lipinski definition) is 1. The molecular formula is C11H18NP. The molecule has 0 bridgehead atoms. The molecule has 0 unspecified atom stereocenters. The SMILES string of the molecule is CCCCCCCc1cc[nH]c1[P]. The Kier molecular flexibility index (Phi) is 5.15. The van der Waals surface area contributed by atoms with Crippen molar-refractivity contribution >= 4 is 14.7 Å². The molecule has 2 radical (unpaired) electrons. The largest absolute Gasteiger partial charge is 0.361 e. The van der Waals surface area contributed by atoms with Gasteiger partial charge in [-0.15, -0.1) is 0 Å². The van der Waals surface area contributed by atoms with Crippen molar-refractivity contribution in [2.45, 2.75) is 45.4 Å². The van der Waals surface area contributed by atoms with Crippen molar-refractivity contribution in [1.29, 1.82) is 0 Å². The van der Waals surface area contributed by atoms with Gasteiger partial charge >= 0.3 is 0 Å². The molecule has 1 rings (SSSR count). The van der Waals surface area contributed by atoms with Gasteiger partial charge in [0, 0.05) is 15.4 Å². The van der Waals surface area contributed by atoms with E-state index in [1.807, 2.05) is 6.20 Å². The van der Waals surface area contributed by atoms with E-state index in [1.165, 1.54) is 44.1 Å². The highest BCUT2D eigenvalue weighted by atomic mass is 31.0. The van der Waals surface area contributed by atoms with Crippen LogP contribution in [0, 0.1) is 0 Å². The Balaban J connectivity index is 2.10. The standard InChI is InChI=1S/C11H18NP/c1-2-3-4-5-6-7-10-8-9-12-11(10)13/h8-9,12H,2-7H2,1H3. The van der Waals surface area contributed by atoms with E-state index in [0.717, 1.165) is 5.44 Å². The lowest BCUT2D eigenvalue weighted by atomic mass is 10.1. The van der Waals surface area contributed by atoms with Crippen molar-refractivity contribution in [3.05, 3.63) is 17.8 Å². The molecule has 0 saturated heterocycles. The Labute approximate surface area is 83.5 Å². The molecule has 2 heteroatoms. The summed E-state index contributed by atoms with van der Waals surface area (Å²) >= 11 is 0. The molecule has 0 atom stereocenters. The minimum absolute atomic E-state index is 1.04. The average molecular weight is 195 g/mol. The van der Waals surface area contributed by atoms with Crippen molar-refractivity contribution < 1.29 is 0 Å². The van der Waals surface area contributed by atoms with Crippen LogP contribution in [0.2, 0.25) is 0 Å². The number of nitrogens with one attached hydrogen (secondary N) is 1. The third-order valence-corrected chi connectivity index (χ3v) is 2.77. The van der Waals surface area contributed by atoms with Crippen molar-refractivity contribution in [2.75, 3.05) is 0 Å². The topological polar surface area (TPSA) is 15.8 Å². The van der Waals surface area contributed by atoms with E-state index in [9.17, 15) is 0 Å². The monoisotopic (exact) mass is 195 g/mol. The summed E-state index contributed by atoms with van der Waals surface area (Å²) in [5.41, 5.74) is 2.40. The molecule has 13 heavy (non-hydrogen) atoms. The summed E-state index contributed by atoms with van der Waals surface area (Å²) in [7, 11) is 4.34. The lowest BCUT2D eigenvalue weighted by Crippen LogP contribution is -1.98. The molecular weight excluding hydrogens is 177 g/mol. The van der Waals surface area contributed by atoms with Gasteiger partial charge in [0.25, 0.3) is 0 Å². The van der Waals surface area contributed by atoms with Crippen LogP contribution in [-0.4, -0.2) is 4.98 Å². The Bertz CT molecular complexity index is 230. The molecule has 72 valence electrons. The van der Waals surface area contributed by atoms with Crippen LogP contribution < -0.4 is 5.44 Å². The first-order chi connectivity index (χ1) is 6.34. The van der Waals surface area contributed by atoms with E-state index in [1.54, 1.807) is 0 Å². The Morgan fingerprint density at radius 1 is 1.23 bits per heavy atom. The Morgan fingerprint density at radius 3 is 2.62 bits per heavy atom. The first-order valence-corrected chi connectivity index (χ1v) is 5.64. The maximum atomic E-state index is 4.34. The number of aromatic nitrogens is 1. The average Bonchev–Trinajstić information content (AvgIpc) is 2.52. The lowest BCUT2D eigenvalue weighted by Gasteiger charge is -1.99. The van der Waals surface area contributed by atoms with Gasteiger partial charge in [-0.05, 0) is 24.5 Å². The second-order valence-corrected chi connectivity index (χ2v) is 3.96. The molecule has 1 N–H and O–H groups in total. The first kappa shape index (κ1) is 10.8.